The average Bonchev–Trinajstić information content (AvgIpc) is 2.87. The predicted octanol–water partition coefficient (Wildman–Crippen LogP) is 11.7. The lowest BCUT2D eigenvalue weighted by Gasteiger charge is -2.38. The smallest absolute Gasteiger partial charge is 0.127 e. The fourth-order valence-electron chi connectivity index (χ4n) is 6.23. The molecule has 0 saturated heterocycles. The van der Waals surface area contributed by atoms with Crippen LogP contribution in [0.2, 0.25) is 0 Å². The molecular formula is C36H66O2. The van der Waals surface area contributed by atoms with Crippen LogP contribution in [0.3, 0.4) is 0 Å². The largest absolute Gasteiger partial charge is 0.507 e. The molecule has 1 aliphatic heterocycles. The van der Waals surface area contributed by atoms with Crippen LogP contribution in [0.5, 0.6) is 11.5 Å². The van der Waals surface area contributed by atoms with Crippen LogP contribution >= 0.6 is 0 Å². The minimum Gasteiger partial charge on any atom is -0.507 e. The van der Waals surface area contributed by atoms with Crippen molar-refractivity contribution in [2.24, 2.45) is 23.7 Å². The summed E-state index contributed by atoms with van der Waals surface area (Å²) in [6.45, 7) is 24.5. The molecule has 0 bridgehead atoms. The Morgan fingerprint density at radius 3 is 1.61 bits per heavy atom. The van der Waals surface area contributed by atoms with E-state index in [1.807, 2.05) is 27.7 Å². The first-order valence-electron chi connectivity index (χ1n) is 16.4. The van der Waals surface area contributed by atoms with E-state index in [1.165, 1.54) is 76.2 Å². The topological polar surface area (TPSA) is 29.5 Å². The van der Waals surface area contributed by atoms with Gasteiger partial charge in [0.05, 0.1) is 0 Å². The zero-order valence-corrected chi connectivity index (χ0v) is 27.6. The van der Waals surface area contributed by atoms with Gasteiger partial charge in [0, 0.05) is 5.56 Å². The molecule has 2 rings (SSSR count). The van der Waals surface area contributed by atoms with Gasteiger partial charge in [0.1, 0.15) is 17.1 Å². The highest BCUT2D eigenvalue weighted by atomic mass is 16.5. The van der Waals surface area contributed by atoms with E-state index < -0.39 is 0 Å². The zero-order valence-electron chi connectivity index (χ0n) is 27.6. The summed E-state index contributed by atoms with van der Waals surface area (Å²) in [7, 11) is 0. The number of ether oxygens (including phenoxy) is 1. The standard InChI is InChI=1S/C34H60O2.C2H6/c1-24(2)14-10-15-25(3)16-11-17-26(4)18-12-19-27(5)20-13-22-34(9)23-21-31-30(8)32(35)28(6)29(7)33(31)36-34;1-2/h24-27,35H,10-23H2,1-9H3;1-2H3. The Bertz CT molecular complexity index is 795. The van der Waals surface area contributed by atoms with Crippen LogP contribution < -0.4 is 4.74 Å². The van der Waals surface area contributed by atoms with Gasteiger partial charge in [0.25, 0.3) is 0 Å². The highest BCUT2D eigenvalue weighted by molar-refractivity contribution is 5.58. The summed E-state index contributed by atoms with van der Waals surface area (Å²) in [5.41, 5.74) is 4.23. The van der Waals surface area contributed by atoms with E-state index >= 15 is 0 Å². The number of benzene rings is 1. The molecule has 222 valence electrons. The number of rotatable bonds is 16. The van der Waals surface area contributed by atoms with Crippen LogP contribution in [-0.2, 0) is 6.42 Å². The van der Waals surface area contributed by atoms with E-state index in [9.17, 15) is 5.11 Å². The Kier molecular flexibility index (Phi) is 16.0. The third kappa shape index (κ3) is 11.5. The molecule has 2 nitrogen and oxygen atoms in total. The van der Waals surface area contributed by atoms with Gasteiger partial charge in [-0.25, -0.2) is 0 Å². The molecule has 38 heavy (non-hydrogen) atoms. The van der Waals surface area contributed by atoms with Crippen LogP contribution in [0.15, 0.2) is 0 Å². The third-order valence-corrected chi connectivity index (χ3v) is 9.26. The van der Waals surface area contributed by atoms with Crippen LogP contribution in [0.1, 0.15) is 161 Å². The van der Waals surface area contributed by atoms with E-state index in [-0.39, 0.29) is 5.60 Å². The fraction of sp³-hybridized carbons (Fsp3) is 0.833. The first kappa shape index (κ1) is 34.8. The van der Waals surface area contributed by atoms with Crippen LogP contribution in [-0.4, -0.2) is 10.7 Å². The number of hydrogen-bond donors (Lipinski definition) is 1. The number of phenolic OH excluding ortho intramolecular Hbond substituents is 1. The summed E-state index contributed by atoms with van der Waals surface area (Å²) in [6, 6.07) is 0. The maximum Gasteiger partial charge on any atom is 0.127 e. The SMILES string of the molecule is CC.Cc1c(C)c2c(c(C)c1O)CCC(C)(CCCC(C)CCCC(C)CCCC(C)CCCC(C)C)O2. The second-order valence-corrected chi connectivity index (χ2v) is 13.5. The Labute approximate surface area is 238 Å². The van der Waals surface area contributed by atoms with Gasteiger partial charge < -0.3 is 9.84 Å². The van der Waals surface area contributed by atoms with Crippen molar-refractivity contribution < 1.29 is 9.84 Å². The van der Waals surface area contributed by atoms with Gasteiger partial charge >= 0.3 is 0 Å². The molecule has 0 radical (unpaired) electrons. The fourth-order valence-corrected chi connectivity index (χ4v) is 6.23. The second-order valence-electron chi connectivity index (χ2n) is 13.5. The highest BCUT2D eigenvalue weighted by Crippen LogP contribution is 2.44. The lowest BCUT2D eigenvalue weighted by atomic mass is 9.84. The summed E-state index contributed by atoms with van der Waals surface area (Å²) in [4.78, 5) is 0. The first-order chi connectivity index (χ1) is 17.9. The lowest BCUT2D eigenvalue weighted by molar-refractivity contribution is 0.0512. The first-order valence-corrected chi connectivity index (χ1v) is 16.4. The molecule has 1 N–H and O–H groups in total. The minimum absolute atomic E-state index is 0.0756. The molecule has 1 aromatic rings. The van der Waals surface area contributed by atoms with Crippen molar-refractivity contribution in [3.63, 3.8) is 0 Å². The Morgan fingerprint density at radius 1 is 0.684 bits per heavy atom. The van der Waals surface area contributed by atoms with Crippen molar-refractivity contribution in [3.8, 4) is 11.5 Å². The maximum absolute atomic E-state index is 10.4. The molecule has 0 fully saturated rings. The quantitative estimate of drug-likeness (QED) is 0.230. The molecule has 0 spiro atoms. The summed E-state index contributed by atoms with van der Waals surface area (Å²) >= 11 is 0. The van der Waals surface area contributed by atoms with E-state index in [2.05, 4.69) is 48.5 Å². The molecule has 0 amide bonds. The van der Waals surface area contributed by atoms with Gasteiger partial charge in [-0.05, 0) is 93.7 Å². The molecule has 4 unspecified atom stereocenters. The molecule has 1 heterocycles. The average molecular weight is 531 g/mol. The van der Waals surface area contributed by atoms with Gasteiger partial charge in [-0.2, -0.15) is 0 Å². The van der Waals surface area contributed by atoms with Crippen molar-refractivity contribution in [1.29, 1.82) is 0 Å². The lowest BCUT2D eigenvalue weighted by Crippen LogP contribution is -2.37. The van der Waals surface area contributed by atoms with Crippen LogP contribution in [0, 0.1) is 44.4 Å². The second kappa shape index (κ2) is 17.5. The summed E-state index contributed by atoms with van der Waals surface area (Å²) in [5.74, 6) is 4.94. The van der Waals surface area contributed by atoms with Crippen LogP contribution in [0.25, 0.3) is 0 Å². The third-order valence-electron chi connectivity index (χ3n) is 9.26. The van der Waals surface area contributed by atoms with Crippen molar-refractivity contribution in [3.05, 3.63) is 22.3 Å². The molecule has 0 aliphatic carbocycles. The van der Waals surface area contributed by atoms with Gasteiger partial charge in [-0.1, -0.05) is 113 Å². The molecule has 1 aliphatic rings. The zero-order chi connectivity index (χ0) is 28.9. The van der Waals surface area contributed by atoms with E-state index in [0.29, 0.717) is 5.75 Å². The Hall–Kier alpha value is -1.18. The molecule has 0 saturated carbocycles. The molecule has 2 heteroatoms. The molecular weight excluding hydrogens is 464 g/mol. The number of phenols is 1. The normalized spacial score (nSPS) is 19.3. The molecule has 4 atom stereocenters. The van der Waals surface area contributed by atoms with Gasteiger partial charge in [0.15, 0.2) is 0 Å². The Balaban J connectivity index is 0.00000352. The Morgan fingerprint density at radius 2 is 1.13 bits per heavy atom. The van der Waals surface area contributed by atoms with Gasteiger partial charge in [-0.3, -0.25) is 0 Å². The molecule has 0 aromatic heterocycles. The van der Waals surface area contributed by atoms with Gasteiger partial charge in [0.2, 0.25) is 0 Å². The summed E-state index contributed by atoms with van der Waals surface area (Å²) < 4.78 is 6.64. The van der Waals surface area contributed by atoms with Gasteiger partial charge in [-0.15, -0.1) is 0 Å². The van der Waals surface area contributed by atoms with Crippen molar-refractivity contribution >= 4 is 0 Å². The number of fused-ring (bicyclic) bond motifs is 1. The highest BCUT2D eigenvalue weighted by Gasteiger charge is 2.34. The number of aromatic hydroxyl groups is 1. The summed E-state index contributed by atoms with van der Waals surface area (Å²) in [5, 5.41) is 10.4. The maximum atomic E-state index is 10.4. The monoisotopic (exact) mass is 531 g/mol. The van der Waals surface area contributed by atoms with Crippen molar-refractivity contribution in [1.82, 2.24) is 0 Å². The minimum atomic E-state index is -0.0756. The predicted molar refractivity (Wildman–Crippen MR) is 169 cm³/mol. The number of hydrogen-bond acceptors (Lipinski definition) is 2. The molecule has 1 aromatic carbocycles. The van der Waals surface area contributed by atoms with E-state index in [1.54, 1.807) is 0 Å². The summed E-state index contributed by atoms with van der Waals surface area (Å²) in [6.07, 6.45) is 18.4. The van der Waals surface area contributed by atoms with Crippen molar-refractivity contribution in [2.45, 2.75) is 172 Å². The van der Waals surface area contributed by atoms with E-state index in [0.717, 1.165) is 65.4 Å². The van der Waals surface area contributed by atoms with Crippen LogP contribution in [0.4, 0.5) is 0 Å². The van der Waals surface area contributed by atoms with Crippen molar-refractivity contribution in [2.75, 3.05) is 0 Å². The van der Waals surface area contributed by atoms with E-state index in [4.69, 9.17) is 4.74 Å².